The van der Waals surface area contributed by atoms with Gasteiger partial charge in [-0.2, -0.15) is 5.10 Å². The predicted octanol–water partition coefficient (Wildman–Crippen LogP) is 5.47. The number of carbonyl (C=O) groups is 1. The number of carbonyl (C=O) groups excluding carboxylic acids is 1. The van der Waals surface area contributed by atoms with Crippen LogP contribution < -0.4 is 4.74 Å². The molecule has 0 amide bonds. The molecule has 2 aromatic heterocycles. The van der Waals surface area contributed by atoms with E-state index < -0.39 is 10.0 Å². The fraction of sp³-hybridized carbons (Fsp3) is 0.269. The maximum atomic E-state index is 13.8. The molecule has 2 aromatic carbocycles. The fourth-order valence-corrected chi connectivity index (χ4v) is 6.28. The maximum absolute atomic E-state index is 13.8. The molecule has 34 heavy (non-hydrogen) atoms. The molecule has 0 spiro atoms. The van der Waals surface area contributed by atoms with E-state index in [1.807, 2.05) is 25.1 Å². The standard InChI is InChI=1S/C26H25N3O4S/c1-15-11-16(2)26(17(3)12-15)34(31,32)29-14-22(18(4)30)21-8-7-20(13-24(21)29)33-25-10-9-23(27-28-25)19-5-6-19/h7-14,19H,5-6H2,1-4H3. The van der Waals surface area contributed by atoms with Gasteiger partial charge in [0.15, 0.2) is 5.78 Å². The first-order valence-electron chi connectivity index (χ1n) is 11.2. The molecule has 0 radical (unpaired) electrons. The first-order valence-corrected chi connectivity index (χ1v) is 12.6. The van der Waals surface area contributed by atoms with Crippen LogP contribution in [-0.4, -0.2) is 28.4 Å². The van der Waals surface area contributed by atoms with Gasteiger partial charge in [0.25, 0.3) is 10.0 Å². The van der Waals surface area contributed by atoms with Gasteiger partial charge in [0.2, 0.25) is 5.88 Å². The summed E-state index contributed by atoms with van der Waals surface area (Å²) in [5, 5.41) is 8.92. The summed E-state index contributed by atoms with van der Waals surface area (Å²) in [6.07, 6.45) is 3.67. The SMILES string of the molecule is CC(=O)c1cn(S(=O)(=O)c2c(C)cc(C)cc2C)c2cc(Oc3ccc(C4CC4)nn3)ccc12. The van der Waals surface area contributed by atoms with Crippen LogP contribution in [0.3, 0.4) is 0 Å². The molecular formula is C26H25N3O4S. The normalized spacial score (nSPS) is 13.9. The second-order valence-corrected chi connectivity index (χ2v) is 10.7. The number of ketones is 1. The number of nitrogens with zero attached hydrogens (tertiary/aromatic N) is 3. The molecule has 1 aliphatic carbocycles. The van der Waals surface area contributed by atoms with Gasteiger partial charge in [-0.05, 0) is 69.9 Å². The van der Waals surface area contributed by atoms with E-state index in [-0.39, 0.29) is 10.7 Å². The monoisotopic (exact) mass is 475 g/mol. The van der Waals surface area contributed by atoms with Gasteiger partial charge >= 0.3 is 0 Å². The average Bonchev–Trinajstić information content (AvgIpc) is 3.53. The Balaban J connectivity index is 1.62. The van der Waals surface area contributed by atoms with Crippen LogP contribution in [0.4, 0.5) is 0 Å². The van der Waals surface area contributed by atoms with Crippen LogP contribution in [0.5, 0.6) is 11.6 Å². The number of aryl methyl sites for hydroxylation is 3. The number of ether oxygens (including phenoxy) is 1. The molecule has 4 aromatic rings. The molecule has 0 unspecified atom stereocenters. The molecule has 5 rings (SSSR count). The van der Waals surface area contributed by atoms with E-state index in [2.05, 4.69) is 10.2 Å². The predicted molar refractivity (Wildman–Crippen MR) is 129 cm³/mol. The molecule has 174 valence electrons. The van der Waals surface area contributed by atoms with Crippen molar-refractivity contribution in [1.29, 1.82) is 0 Å². The third kappa shape index (κ3) is 3.88. The zero-order valence-corrected chi connectivity index (χ0v) is 20.3. The quantitative estimate of drug-likeness (QED) is 0.344. The Morgan fingerprint density at radius 2 is 1.71 bits per heavy atom. The highest BCUT2D eigenvalue weighted by atomic mass is 32.2. The van der Waals surface area contributed by atoms with Crippen molar-refractivity contribution in [2.75, 3.05) is 0 Å². The molecular weight excluding hydrogens is 450 g/mol. The van der Waals surface area contributed by atoms with Crippen molar-refractivity contribution in [2.45, 2.75) is 51.3 Å². The van der Waals surface area contributed by atoms with Crippen molar-refractivity contribution >= 4 is 26.7 Å². The Bertz CT molecular complexity index is 1530. The highest BCUT2D eigenvalue weighted by Crippen LogP contribution is 2.39. The van der Waals surface area contributed by atoms with Crippen LogP contribution in [0.15, 0.2) is 53.6 Å². The summed E-state index contributed by atoms with van der Waals surface area (Å²) in [5.41, 5.74) is 3.95. The molecule has 0 N–H and O–H groups in total. The summed E-state index contributed by atoms with van der Waals surface area (Å²) in [5.74, 6) is 1.00. The number of fused-ring (bicyclic) bond motifs is 1. The van der Waals surface area contributed by atoms with E-state index in [0.29, 0.717) is 45.1 Å². The van der Waals surface area contributed by atoms with E-state index in [1.165, 1.54) is 17.1 Å². The first kappa shape index (κ1) is 22.3. The van der Waals surface area contributed by atoms with Gasteiger partial charge in [0, 0.05) is 35.2 Å². The second-order valence-electron chi connectivity index (χ2n) is 8.98. The number of aromatic nitrogens is 3. The highest BCUT2D eigenvalue weighted by molar-refractivity contribution is 7.90. The molecule has 1 fully saturated rings. The molecule has 0 atom stereocenters. The largest absolute Gasteiger partial charge is 0.437 e. The molecule has 0 saturated heterocycles. The summed E-state index contributed by atoms with van der Waals surface area (Å²) in [4.78, 5) is 12.6. The number of benzene rings is 2. The van der Waals surface area contributed by atoms with E-state index in [9.17, 15) is 13.2 Å². The van der Waals surface area contributed by atoms with Crippen molar-refractivity contribution in [3.63, 3.8) is 0 Å². The highest BCUT2D eigenvalue weighted by Gasteiger charge is 2.27. The van der Waals surface area contributed by atoms with Crippen LogP contribution in [0.1, 0.15) is 58.4 Å². The minimum atomic E-state index is -3.97. The molecule has 7 nitrogen and oxygen atoms in total. The first-order chi connectivity index (χ1) is 16.1. The van der Waals surface area contributed by atoms with Gasteiger partial charge in [-0.3, -0.25) is 4.79 Å². The number of hydrogen-bond acceptors (Lipinski definition) is 6. The van der Waals surface area contributed by atoms with E-state index in [0.717, 1.165) is 24.1 Å². The summed E-state index contributed by atoms with van der Waals surface area (Å²) in [6, 6.07) is 12.4. The lowest BCUT2D eigenvalue weighted by Gasteiger charge is -2.14. The van der Waals surface area contributed by atoms with Crippen LogP contribution in [0.25, 0.3) is 10.9 Å². The number of rotatable bonds is 6. The van der Waals surface area contributed by atoms with Crippen molar-refractivity contribution in [2.24, 2.45) is 0 Å². The smallest absolute Gasteiger partial charge is 0.268 e. The number of Topliss-reactive ketones (excluding diaryl/α,β-unsaturated/α-hetero) is 1. The topological polar surface area (TPSA) is 91.2 Å². The van der Waals surface area contributed by atoms with Crippen LogP contribution in [0, 0.1) is 20.8 Å². The third-order valence-corrected chi connectivity index (χ3v) is 8.10. The maximum Gasteiger partial charge on any atom is 0.268 e. The summed E-state index contributed by atoms with van der Waals surface area (Å²) in [7, 11) is -3.97. The summed E-state index contributed by atoms with van der Waals surface area (Å²) in [6.45, 7) is 6.92. The summed E-state index contributed by atoms with van der Waals surface area (Å²) >= 11 is 0. The van der Waals surface area contributed by atoms with Crippen LogP contribution in [-0.2, 0) is 10.0 Å². The van der Waals surface area contributed by atoms with Crippen molar-refractivity contribution in [3.8, 4) is 11.6 Å². The van der Waals surface area contributed by atoms with Gasteiger partial charge in [-0.25, -0.2) is 12.4 Å². The van der Waals surface area contributed by atoms with Crippen LogP contribution >= 0.6 is 0 Å². The molecule has 0 aliphatic heterocycles. The van der Waals surface area contributed by atoms with Gasteiger partial charge in [0.1, 0.15) is 5.75 Å². The zero-order valence-electron chi connectivity index (χ0n) is 19.5. The fourth-order valence-electron chi connectivity index (χ4n) is 4.50. The molecule has 1 aliphatic rings. The van der Waals surface area contributed by atoms with Gasteiger partial charge in [0.05, 0.1) is 16.1 Å². The van der Waals surface area contributed by atoms with E-state index >= 15 is 0 Å². The minimum Gasteiger partial charge on any atom is -0.437 e. The van der Waals surface area contributed by atoms with E-state index in [1.54, 1.807) is 38.1 Å². The Labute approximate surface area is 198 Å². The van der Waals surface area contributed by atoms with E-state index in [4.69, 9.17) is 4.74 Å². The Morgan fingerprint density at radius 1 is 1.00 bits per heavy atom. The van der Waals surface area contributed by atoms with Crippen LogP contribution in [0.2, 0.25) is 0 Å². The van der Waals surface area contributed by atoms with Gasteiger partial charge in [-0.15, -0.1) is 5.10 Å². The molecule has 1 saturated carbocycles. The summed E-state index contributed by atoms with van der Waals surface area (Å²) < 4.78 is 34.7. The lowest BCUT2D eigenvalue weighted by molar-refractivity contribution is 0.101. The minimum absolute atomic E-state index is 0.216. The second kappa shape index (κ2) is 8.06. The van der Waals surface area contributed by atoms with Gasteiger partial charge in [-0.1, -0.05) is 17.7 Å². The van der Waals surface area contributed by atoms with Gasteiger partial charge < -0.3 is 4.74 Å². The Kier molecular flexibility index (Phi) is 5.28. The lowest BCUT2D eigenvalue weighted by atomic mass is 10.1. The lowest BCUT2D eigenvalue weighted by Crippen LogP contribution is -2.15. The van der Waals surface area contributed by atoms with Crippen molar-refractivity contribution < 1.29 is 17.9 Å². The molecule has 0 bridgehead atoms. The molecule has 2 heterocycles. The van der Waals surface area contributed by atoms with Crippen molar-refractivity contribution in [1.82, 2.24) is 14.2 Å². The zero-order chi connectivity index (χ0) is 24.2. The Hall–Kier alpha value is -3.52. The average molecular weight is 476 g/mol. The Morgan fingerprint density at radius 3 is 2.29 bits per heavy atom. The van der Waals surface area contributed by atoms with Crippen molar-refractivity contribution in [3.05, 3.63) is 76.6 Å². The number of hydrogen-bond donors (Lipinski definition) is 0. The molecule has 8 heteroatoms. The third-order valence-electron chi connectivity index (χ3n) is 6.12.